The van der Waals surface area contributed by atoms with E-state index in [2.05, 4.69) is 15.5 Å². The van der Waals surface area contributed by atoms with Crippen LogP contribution in [0.5, 0.6) is 5.75 Å². The number of benzene rings is 1. The molecule has 0 aliphatic heterocycles. The summed E-state index contributed by atoms with van der Waals surface area (Å²) in [5.74, 6) is -0.0306. The van der Waals surface area contributed by atoms with Gasteiger partial charge in [-0.2, -0.15) is 0 Å². The maximum absolute atomic E-state index is 13.4. The van der Waals surface area contributed by atoms with Crippen molar-refractivity contribution in [3.8, 4) is 5.75 Å². The first-order chi connectivity index (χ1) is 11.7. The Morgan fingerprint density at radius 3 is 2.88 bits per heavy atom. The molecule has 5 nitrogen and oxygen atoms in total. The Morgan fingerprint density at radius 2 is 2.12 bits per heavy atom. The van der Waals surface area contributed by atoms with Crippen LogP contribution >= 0.6 is 11.3 Å². The van der Waals surface area contributed by atoms with E-state index in [0.29, 0.717) is 16.6 Å². The van der Waals surface area contributed by atoms with E-state index in [4.69, 9.17) is 4.74 Å². The number of rotatable bonds is 5. The summed E-state index contributed by atoms with van der Waals surface area (Å²) in [5.41, 5.74) is 0.683. The Hall–Kier alpha value is -2.02. The summed E-state index contributed by atoms with van der Waals surface area (Å²) in [6.07, 6.45) is 6.20. The molecule has 128 valence electrons. The van der Waals surface area contributed by atoms with E-state index >= 15 is 0 Å². The maximum Gasteiger partial charge on any atom is 0.230 e. The molecule has 24 heavy (non-hydrogen) atoms. The highest BCUT2D eigenvalue weighted by molar-refractivity contribution is 7.15. The average Bonchev–Trinajstić information content (AvgIpc) is 3.05. The van der Waals surface area contributed by atoms with Crippen LogP contribution in [0.3, 0.4) is 0 Å². The first kappa shape index (κ1) is 16.8. The fourth-order valence-corrected chi connectivity index (χ4v) is 3.89. The molecule has 3 rings (SSSR count). The standard InChI is InChI=1S/C17H20FN3O2S/c1-23-14-9-11(7-8-13(14)18)10-15(22)19-17-21-20-16(24-17)12-5-3-2-4-6-12/h7-9,12H,2-6,10H2,1H3,(H,19,21,22). The van der Waals surface area contributed by atoms with Crippen molar-refractivity contribution in [2.45, 2.75) is 44.4 Å². The fraction of sp³-hybridized carbons (Fsp3) is 0.471. The SMILES string of the molecule is COc1cc(CC(=O)Nc2nnc(C3CCCCC3)s2)ccc1F. The van der Waals surface area contributed by atoms with E-state index in [0.717, 1.165) is 17.8 Å². The number of halogens is 1. The van der Waals surface area contributed by atoms with Gasteiger partial charge >= 0.3 is 0 Å². The van der Waals surface area contributed by atoms with Gasteiger partial charge in [-0.3, -0.25) is 4.79 Å². The molecule has 1 saturated carbocycles. The molecule has 1 aliphatic rings. The summed E-state index contributed by atoms with van der Waals surface area (Å²) < 4.78 is 18.3. The number of ether oxygens (including phenoxy) is 1. The number of anilines is 1. The van der Waals surface area contributed by atoms with E-state index < -0.39 is 5.82 Å². The van der Waals surface area contributed by atoms with Crippen molar-refractivity contribution in [2.24, 2.45) is 0 Å². The number of amides is 1. The molecular weight excluding hydrogens is 329 g/mol. The summed E-state index contributed by atoms with van der Waals surface area (Å²) in [6, 6.07) is 4.40. The largest absolute Gasteiger partial charge is 0.494 e. The lowest BCUT2D eigenvalue weighted by Gasteiger charge is -2.18. The van der Waals surface area contributed by atoms with Crippen molar-refractivity contribution in [2.75, 3.05) is 12.4 Å². The van der Waals surface area contributed by atoms with Gasteiger partial charge in [-0.05, 0) is 30.5 Å². The van der Waals surface area contributed by atoms with E-state index in [1.165, 1.54) is 49.8 Å². The van der Waals surface area contributed by atoms with Crippen molar-refractivity contribution in [1.29, 1.82) is 0 Å². The summed E-state index contributed by atoms with van der Waals surface area (Å²) in [5, 5.41) is 12.6. The lowest BCUT2D eigenvalue weighted by molar-refractivity contribution is -0.115. The van der Waals surface area contributed by atoms with Gasteiger partial charge in [0.2, 0.25) is 11.0 Å². The highest BCUT2D eigenvalue weighted by Crippen LogP contribution is 2.35. The molecule has 7 heteroatoms. The number of aromatic nitrogens is 2. The Kier molecular flexibility index (Phi) is 5.40. The lowest BCUT2D eigenvalue weighted by Crippen LogP contribution is -2.14. The molecule has 1 heterocycles. The minimum atomic E-state index is -0.442. The molecule has 2 aromatic rings. The van der Waals surface area contributed by atoms with Crippen molar-refractivity contribution in [3.63, 3.8) is 0 Å². The monoisotopic (exact) mass is 349 g/mol. The Bertz CT molecular complexity index is 714. The summed E-state index contributed by atoms with van der Waals surface area (Å²) in [4.78, 5) is 12.1. The second-order valence-electron chi connectivity index (χ2n) is 5.97. The Balaban J connectivity index is 1.59. The molecule has 0 spiro atoms. The van der Waals surface area contributed by atoms with Crippen LogP contribution in [0.4, 0.5) is 9.52 Å². The molecule has 1 aromatic heterocycles. The second-order valence-corrected chi connectivity index (χ2v) is 6.98. The maximum atomic E-state index is 13.4. The third-order valence-corrected chi connectivity index (χ3v) is 5.22. The van der Waals surface area contributed by atoms with Crippen molar-refractivity contribution in [3.05, 3.63) is 34.6 Å². The minimum absolute atomic E-state index is 0.134. The molecule has 1 aromatic carbocycles. The van der Waals surface area contributed by atoms with Gasteiger partial charge < -0.3 is 10.1 Å². The number of hydrogen-bond donors (Lipinski definition) is 1. The number of carbonyl (C=O) groups excluding carboxylic acids is 1. The van der Waals surface area contributed by atoms with Gasteiger partial charge in [0.15, 0.2) is 11.6 Å². The van der Waals surface area contributed by atoms with Crippen molar-refractivity contribution < 1.29 is 13.9 Å². The van der Waals surface area contributed by atoms with Crippen molar-refractivity contribution >= 4 is 22.4 Å². The first-order valence-corrected chi connectivity index (χ1v) is 8.93. The summed E-state index contributed by atoms with van der Waals surface area (Å²) in [7, 11) is 1.40. The zero-order valence-electron chi connectivity index (χ0n) is 13.5. The molecule has 0 atom stereocenters. The number of methoxy groups -OCH3 is 1. The minimum Gasteiger partial charge on any atom is -0.494 e. The smallest absolute Gasteiger partial charge is 0.230 e. The zero-order valence-corrected chi connectivity index (χ0v) is 14.4. The molecular formula is C17H20FN3O2S. The van der Waals surface area contributed by atoms with E-state index in [-0.39, 0.29) is 18.1 Å². The van der Waals surface area contributed by atoms with Crippen LogP contribution in [0.1, 0.15) is 48.6 Å². The molecule has 0 radical (unpaired) electrons. The predicted octanol–water partition coefficient (Wildman–Crippen LogP) is 3.91. The predicted molar refractivity (Wildman–Crippen MR) is 91.0 cm³/mol. The molecule has 0 unspecified atom stereocenters. The van der Waals surface area contributed by atoms with E-state index in [9.17, 15) is 9.18 Å². The third kappa shape index (κ3) is 4.08. The van der Waals surface area contributed by atoms with Gasteiger partial charge in [0.05, 0.1) is 13.5 Å². The van der Waals surface area contributed by atoms with E-state index in [1.54, 1.807) is 6.07 Å². The van der Waals surface area contributed by atoms with Crippen LogP contribution in [-0.2, 0) is 11.2 Å². The van der Waals surface area contributed by atoms with Crippen LogP contribution in [0.25, 0.3) is 0 Å². The summed E-state index contributed by atoms with van der Waals surface area (Å²) >= 11 is 1.45. The van der Waals surface area contributed by atoms with E-state index in [1.807, 2.05) is 0 Å². The highest BCUT2D eigenvalue weighted by atomic mass is 32.1. The van der Waals surface area contributed by atoms with Gasteiger partial charge in [-0.25, -0.2) is 4.39 Å². The molecule has 1 amide bonds. The number of nitrogens with zero attached hydrogens (tertiary/aromatic N) is 2. The van der Waals surface area contributed by atoms with Gasteiger partial charge in [0, 0.05) is 5.92 Å². The van der Waals surface area contributed by atoms with Crippen LogP contribution in [0.2, 0.25) is 0 Å². The summed E-state index contributed by atoms with van der Waals surface area (Å²) in [6.45, 7) is 0. The Labute approximate surface area is 144 Å². The molecule has 1 fully saturated rings. The van der Waals surface area contributed by atoms with Gasteiger partial charge in [0.25, 0.3) is 0 Å². The van der Waals surface area contributed by atoms with Crippen molar-refractivity contribution in [1.82, 2.24) is 10.2 Å². The number of hydrogen-bond acceptors (Lipinski definition) is 5. The second kappa shape index (κ2) is 7.70. The molecule has 1 aliphatic carbocycles. The van der Waals surface area contributed by atoms with Gasteiger partial charge in [0.1, 0.15) is 5.01 Å². The quantitative estimate of drug-likeness (QED) is 0.889. The zero-order chi connectivity index (χ0) is 16.9. The molecule has 1 N–H and O–H groups in total. The van der Waals surface area contributed by atoms with Crippen LogP contribution < -0.4 is 10.1 Å². The van der Waals surface area contributed by atoms with Gasteiger partial charge in [-0.15, -0.1) is 10.2 Å². The van der Waals surface area contributed by atoms with Crippen LogP contribution in [0.15, 0.2) is 18.2 Å². The molecule has 0 bridgehead atoms. The average molecular weight is 349 g/mol. The lowest BCUT2D eigenvalue weighted by atomic mass is 9.90. The number of nitrogens with one attached hydrogen (secondary N) is 1. The normalized spacial score (nSPS) is 15.2. The van der Waals surface area contributed by atoms with Gasteiger partial charge in [-0.1, -0.05) is 36.7 Å². The van der Waals surface area contributed by atoms with Crippen LogP contribution in [0, 0.1) is 5.82 Å². The fourth-order valence-electron chi connectivity index (χ4n) is 2.96. The Morgan fingerprint density at radius 1 is 1.33 bits per heavy atom. The third-order valence-electron chi connectivity index (χ3n) is 4.22. The first-order valence-electron chi connectivity index (χ1n) is 8.11. The highest BCUT2D eigenvalue weighted by Gasteiger charge is 2.20. The number of carbonyl (C=O) groups is 1. The van der Waals surface area contributed by atoms with Crippen LogP contribution in [-0.4, -0.2) is 23.2 Å². The topological polar surface area (TPSA) is 64.1 Å². The molecule has 0 saturated heterocycles.